The number of hydrogen-bond acceptors (Lipinski definition) is 2. The van der Waals surface area contributed by atoms with E-state index >= 15 is 0 Å². The van der Waals surface area contributed by atoms with Crippen molar-refractivity contribution in [2.45, 2.75) is 19.3 Å². The van der Waals surface area contributed by atoms with Crippen LogP contribution in [0.25, 0.3) is 0 Å². The van der Waals surface area contributed by atoms with Crippen LogP contribution in [0.4, 0.5) is 4.39 Å². The molecule has 4 heteroatoms. The van der Waals surface area contributed by atoms with Crippen LogP contribution in [0.15, 0.2) is 24.3 Å². The van der Waals surface area contributed by atoms with Crippen molar-refractivity contribution in [3.8, 4) is 0 Å². The van der Waals surface area contributed by atoms with Gasteiger partial charge in [0.25, 0.3) is 0 Å². The summed E-state index contributed by atoms with van der Waals surface area (Å²) in [5, 5.41) is 9.04. The summed E-state index contributed by atoms with van der Waals surface area (Å²) in [6.45, 7) is 1.59. The molecule has 0 atom stereocenters. The van der Waals surface area contributed by atoms with Gasteiger partial charge in [-0.15, -0.1) is 0 Å². The molecule has 0 aromatic heterocycles. The maximum Gasteiger partial charge on any atom is 0.226 e. The van der Waals surface area contributed by atoms with E-state index < -0.39 is 0 Å². The maximum atomic E-state index is 13.0. The quantitative estimate of drug-likeness (QED) is 0.886. The number of likely N-dealkylation sites (tertiary alicyclic amines) is 1. The van der Waals surface area contributed by atoms with Gasteiger partial charge in [-0.1, -0.05) is 12.1 Å². The number of hydrogen-bond donors (Lipinski definition) is 1. The lowest BCUT2D eigenvalue weighted by molar-refractivity contribution is -0.132. The summed E-state index contributed by atoms with van der Waals surface area (Å²) >= 11 is 0. The zero-order valence-electron chi connectivity index (χ0n) is 10.3. The first-order valence-corrected chi connectivity index (χ1v) is 6.32. The molecule has 1 aliphatic rings. The van der Waals surface area contributed by atoms with Crippen molar-refractivity contribution < 1.29 is 14.3 Å². The van der Waals surface area contributed by atoms with Crippen molar-refractivity contribution in [3.05, 3.63) is 35.6 Å². The first-order valence-electron chi connectivity index (χ1n) is 6.32. The number of aliphatic hydroxyl groups excluding tert-OH is 1. The Bertz CT molecular complexity index is 414. The van der Waals surface area contributed by atoms with E-state index in [1.807, 2.05) is 0 Å². The summed E-state index contributed by atoms with van der Waals surface area (Å²) in [5.41, 5.74) is 0.712. The van der Waals surface area contributed by atoms with Crippen LogP contribution in [-0.4, -0.2) is 35.6 Å². The van der Waals surface area contributed by atoms with E-state index in [4.69, 9.17) is 5.11 Å². The summed E-state index contributed by atoms with van der Waals surface area (Å²) in [4.78, 5) is 13.8. The number of piperidine rings is 1. The summed E-state index contributed by atoms with van der Waals surface area (Å²) in [6, 6.07) is 6.16. The number of benzene rings is 1. The Balaban J connectivity index is 1.89. The van der Waals surface area contributed by atoms with Crippen molar-refractivity contribution in [2.75, 3.05) is 19.7 Å². The van der Waals surface area contributed by atoms with Crippen LogP contribution in [0.3, 0.4) is 0 Å². The average Bonchev–Trinajstić information content (AvgIpc) is 2.39. The number of amides is 1. The van der Waals surface area contributed by atoms with E-state index in [9.17, 15) is 9.18 Å². The molecule has 0 unspecified atom stereocenters. The summed E-state index contributed by atoms with van der Waals surface area (Å²) in [7, 11) is 0. The Hall–Kier alpha value is -1.42. The van der Waals surface area contributed by atoms with Gasteiger partial charge >= 0.3 is 0 Å². The van der Waals surface area contributed by atoms with Gasteiger partial charge in [0.15, 0.2) is 0 Å². The Morgan fingerprint density at radius 2 is 2.11 bits per heavy atom. The minimum absolute atomic E-state index is 0.0389. The van der Waals surface area contributed by atoms with Crippen LogP contribution < -0.4 is 0 Å². The molecular weight excluding hydrogens is 233 g/mol. The first-order chi connectivity index (χ1) is 8.69. The number of halogens is 1. The van der Waals surface area contributed by atoms with Gasteiger partial charge in [0.05, 0.1) is 6.42 Å². The maximum absolute atomic E-state index is 13.0. The van der Waals surface area contributed by atoms with Crippen LogP contribution >= 0.6 is 0 Å². The number of carbonyl (C=O) groups is 1. The average molecular weight is 251 g/mol. The molecule has 3 nitrogen and oxygen atoms in total. The molecule has 1 amide bonds. The van der Waals surface area contributed by atoms with E-state index in [1.165, 1.54) is 12.1 Å². The smallest absolute Gasteiger partial charge is 0.226 e. The number of carbonyl (C=O) groups excluding carboxylic acids is 1. The largest absolute Gasteiger partial charge is 0.396 e. The third-order valence-electron chi connectivity index (χ3n) is 3.47. The topological polar surface area (TPSA) is 40.5 Å². The van der Waals surface area contributed by atoms with Crippen LogP contribution in [-0.2, 0) is 11.2 Å². The summed E-state index contributed by atoms with van der Waals surface area (Å²) in [6.07, 6.45) is 1.96. The second kappa shape index (κ2) is 5.96. The predicted octanol–water partition coefficient (Wildman–Crippen LogP) is 1.60. The Kier molecular flexibility index (Phi) is 4.31. The van der Waals surface area contributed by atoms with Gasteiger partial charge in [-0.05, 0) is 36.5 Å². The monoisotopic (exact) mass is 251 g/mol. The van der Waals surface area contributed by atoms with Gasteiger partial charge < -0.3 is 10.0 Å². The molecule has 0 radical (unpaired) electrons. The Morgan fingerprint density at radius 3 is 2.72 bits per heavy atom. The van der Waals surface area contributed by atoms with E-state index in [0.29, 0.717) is 24.6 Å². The van der Waals surface area contributed by atoms with Gasteiger partial charge in [-0.3, -0.25) is 4.79 Å². The summed E-state index contributed by atoms with van der Waals surface area (Å²) < 4.78 is 13.0. The summed E-state index contributed by atoms with van der Waals surface area (Å²) in [5.74, 6) is 0.0551. The molecule has 1 saturated heterocycles. The highest BCUT2D eigenvalue weighted by molar-refractivity contribution is 5.78. The molecule has 2 rings (SSSR count). The van der Waals surface area contributed by atoms with E-state index in [0.717, 1.165) is 12.8 Å². The van der Waals surface area contributed by atoms with Gasteiger partial charge in [0, 0.05) is 19.7 Å². The molecule has 1 heterocycles. The van der Waals surface area contributed by atoms with Crippen LogP contribution in [0, 0.1) is 11.7 Å². The van der Waals surface area contributed by atoms with Gasteiger partial charge in [-0.25, -0.2) is 4.39 Å². The molecule has 1 N–H and O–H groups in total. The lowest BCUT2D eigenvalue weighted by Gasteiger charge is -2.31. The van der Waals surface area contributed by atoms with Gasteiger partial charge in [0.1, 0.15) is 5.82 Å². The Labute approximate surface area is 106 Å². The van der Waals surface area contributed by atoms with Crippen molar-refractivity contribution in [3.63, 3.8) is 0 Å². The second-order valence-corrected chi connectivity index (χ2v) is 4.81. The molecule has 1 aromatic rings. The number of rotatable bonds is 3. The molecular formula is C14H18FNO2. The highest BCUT2D eigenvalue weighted by Crippen LogP contribution is 2.17. The molecule has 0 saturated carbocycles. The van der Waals surface area contributed by atoms with Crippen molar-refractivity contribution in [2.24, 2.45) is 5.92 Å². The second-order valence-electron chi connectivity index (χ2n) is 4.81. The van der Waals surface area contributed by atoms with E-state index in [1.54, 1.807) is 17.0 Å². The van der Waals surface area contributed by atoms with Crippen LogP contribution in [0.2, 0.25) is 0 Å². The highest BCUT2D eigenvalue weighted by Gasteiger charge is 2.22. The SMILES string of the molecule is O=C(Cc1cccc(F)c1)N1CCC(CO)CC1. The number of aliphatic hydroxyl groups is 1. The van der Waals surface area contributed by atoms with Crippen molar-refractivity contribution in [1.82, 2.24) is 4.90 Å². The van der Waals surface area contributed by atoms with Crippen LogP contribution in [0.1, 0.15) is 18.4 Å². The fraction of sp³-hybridized carbons (Fsp3) is 0.500. The molecule has 18 heavy (non-hydrogen) atoms. The molecule has 0 bridgehead atoms. The lowest BCUT2D eigenvalue weighted by Crippen LogP contribution is -2.40. The third kappa shape index (κ3) is 3.29. The van der Waals surface area contributed by atoms with Gasteiger partial charge in [-0.2, -0.15) is 0 Å². The zero-order valence-corrected chi connectivity index (χ0v) is 10.3. The normalized spacial score (nSPS) is 16.9. The minimum Gasteiger partial charge on any atom is -0.396 e. The predicted molar refractivity (Wildman–Crippen MR) is 66.5 cm³/mol. The fourth-order valence-electron chi connectivity index (χ4n) is 2.30. The molecule has 0 spiro atoms. The third-order valence-corrected chi connectivity index (χ3v) is 3.47. The van der Waals surface area contributed by atoms with Crippen molar-refractivity contribution in [1.29, 1.82) is 0 Å². The lowest BCUT2D eigenvalue weighted by atomic mass is 9.97. The molecule has 1 aliphatic heterocycles. The molecule has 98 valence electrons. The van der Waals surface area contributed by atoms with E-state index in [-0.39, 0.29) is 24.8 Å². The molecule has 1 fully saturated rings. The molecule has 0 aliphatic carbocycles. The van der Waals surface area contributed by atoms with Crippen LogP contribution in [0.5, 0.6) is 0 Å². The highest BCUT2D eigenvalue weighted by atomic mass is 19.1. The minimum atomic E-state index is -0.306. The number of nitrogens with zero attached hydrogens (tertiary/aromatic N) is 1. The fourth-order valence-corrected chi connectivity index (χ4v) is 2.30. The van der Waals surface area contributed by atoms with E-state index in [2.05, 4.69) is 0 Å². The van der Waals surface area contributed by atoms with Gasteiger partial charge in [0.2, 0.25) is 5.91 Å². The molecule has 1 aromatic carbocycles. The standard InChI is InChI=1S/C14H18FNO2/c15-13-3-1-2-12(8-13)9-14(18)16-6-4-11(10-17)5-7-16/h1-3,8,11,17H,4-7,9-10H2. The zero-order chi connectivity index (χ0) is 13.0. The Morgan fingerprint density at radius 1 is 1.39 bits per heavy atom. The first kappa shape index (κ1) is 13.0. The van der Waals surface area contributed by atoms with Crippen molar-refractivity contribution >= 4 is 5.91 Å².